The molecular formula is C15H23ClN2OS. The maximum atomic E-state index is 5.94. The molecular weight excluding hydrogens is 292 g/mol. The number of thiophene rings is 1. The molecule has 0 radical (unpaired) electrons. The summed E-state index contributed by atoms with van der Waals surface area (Å²) >= 11 is 7.60. The van der Waals surface area contributed by atoms with Gasteiger partial charge in [-0.15, -0.1) is 11.3 Å². The van der Waals surface area contributed by atoms with E-state index in [4.69, 9.17) is 16.3 Å². The molecule has 1 aromatic rings. The third-order valence-corrected chi connectivity index (χ3v) is 5.58. The number of hydrogen-bond donors (Lipinski definition) is 1. The Morgan fingerprint density at radius 3 is 3.10 bits per heavy atom. The van der Waals surface area contributed by atoms with Crippen molar-refractivity contribution in [2.75, 3.05) is 26.2 Å². The first-order valence-electron chi connectivity index (χ1n) is 7.63. The number of nitrogens with zero attached hydrogens (tertiary/aromatic N) is 1. The van der Waals surface area contributed by atoms with Gasteiger partial charge in [0.25, 0.3) is 0 Å². The summed E-state index contributed by atoms with van der Waals surface area (Å²) in [6.07, 6.45) is 5.76. The molecule has 112 valence electrons. The monoisotopic (exact) mass is 314 g/mol. The summed E-state index contributed by atoms with van der Waals surface area (Å²) in [7, 11) is 0. The summed E-state index contributed by atoms with van der Waals surface area (Å²) in [5, 5.41) is 3.53. The smallest absolute Gasteiger partial charge is 0.0931 e. The third-order valence-electron chi connectivity index (χ3n) is 4.35. The van der Waals surface area contributed by atoms with E-state index in [1.165, 1.54) is 30.6 Å². The van der Waals surface area contributed by atoms with Gasteiger partial charge < -0.3 is 10.1 Å². The van der Waals surface area contributed by atoms with E-state index >= 15 is 0 Å². The van der Waals surface area contributed by atoms with Crippen LogP contribution in [0.1, 0.15) is 30.6 Å². The Labute approximate surface area is 130 Å². The molecule has 1 aliphatic carbocycles. The van der Waals surface area contributed by atoms with Crippen molar-refractivity contribution in [2.24, 2.45) is 0 Å². The minimum Gasteiger partial charge on any atom is -0.375 e. The Balaban J connectivity index is 1.41. The number of rotatable bonds is 5. The normalized spacial score (nSPS) is 27.4. The number of nitrogens with one attached hydrogen (secondary N) is 1. The summed E-state index contributed by atoms with van der Waals surface area (Å²) in [4.78, 5) is 3.94. The molecule has 1 aromatic heterocycles. The molecule has 1 aliphatic heterocycles. The van der Waals surface area contributed by atoms with Gasteiger partial charge in [-0.2, -0.15) is 0 Å². The van der Waals surface area contributed by atoms with Crippen molar-refractivity contribution in [1.82, 2.24) is 10.2 Å². The molecule has 20 heavy (non-hydrogen) atoms. The van der Waals surface area contributed by atoms with Crippen molar-refractivity contribution in [3.05, 3.63) is 21.3 Å². The van der Waals surface area contributed by atoms with Crippen molar-refractivity contribution >= 4 is 22.9 Å². The largest absolute Gasteiger partial charge is 0.375 e. The second kappa shape index (κ2) is 7.23. The van der Waals surface area contributed by atoms with E-state index in [-0.39, 0.29) is 0 Å². The zero-order chi connectivity index (χ0) is 13.8. The first-order valence-corrected chi connectivity index (χ1v) is 8.83. The number of hydrogen-bond acceptors (Lipinski definition) is 4. The van der Waals surface area contributed by atoms with Crippen molar-refractivity contribution in [3.8, 4) is 0 Å². The number of ether oxygens (including phenoxy) is 1. The Hall–Kier alpha value is -0.130. The van der Waals surface area contributed by atoms with Crippen LogP contribution < -0.4 is 5.32 Å². The van der Waals surface area contributed by atoms with Gasteiger partial charge in [-0.3, -0.25) is 4.90 Å². The predicted molar refractivity (Wildman–Crippen MR) is 84.6 cm³/mol. The van der Waals surface area contributed by atoms with E-state index in [1.807, 2.05) is 6.07 Å². The Morgan fingerprint density at radius 1 is 1.35 bits per heavy atom. The van der Waals surface area contributed by atoms with Crippen LogP contribution >= 0.6 is 22.9 Å². The van der Waals surface area contributed by atoms with Crippen LogP contribution in [0.15, 0.2) is 12.1 Å². The molecule has 3 nitrogen and oxygen atoms in total. The van der Waals surface area contributed by atoms with Gasteiger partial charge in [-0.05, 0) is 25.0 Å². The van der Waals surface area contributed by atoms with Crippen LogP contribution in [-0.2, 0) is 11.3 Å². The lowest BCUT2D eigenvalue weighted by atomic mass is 9.90. The summed E-state index contributed by atoms with van der Waals surface area (Å²) in [5.41, 5.74) is 0. The highest BCUT2D eigenvalue weighted by atomic mass is 35.5. The van der Waals surface area contributed by atoms with E-state index < -0.39 is 0 Å². The topological polar surface area (TPSA) is 24.5 Å². The fourth-order valence-corrected chi connectivity index (χ4v) is 4.39. The first kappa shape index (κ1) is 14.8. The fourth-order valence-electron chi connectivity index (χ4n) is 3.34. The third kappa shape index (κ3) is 3.74. The van der Waals surface area contributed by atoms with Crippen LogP contribution in [-0.4, -0.2) is 43.3 Å². The Bertz CT molecular complexity index is 424. The van der Waals surface area contributed by atoms with Gasteiger partial charge in [0.1, 0.15) is 0 Å². The molecule has 2 heterocycles. The molecule has 0 amide bonds. The highest BCUT2D eigenvalue weighted by Crippen LogP contribution is 2.28. The highest BCUT2D eigenvalue weighted by molar-refractivity contribution is 7.16. The molecule has 1 N–H and O–H groups in total. The minimum atomic E-state index is 0.494. The van der Waals surface area contributed by atoms with Crippen LogP contribution in [0.2, 0.25) is 4.34 Å². The summed E-state index contributed by atoms with van der Waals surface area (Å²) in [5.74, 6) is 0. The molecule has 0 spiro atoms. The lowest BCUT2D eigenvalue weighted by Gasteiger charge is -2.43. The SMILES string of the molecule is Clc1ccc(CNCCN2CCOC3CCCCC32)s1. The number of halogens is 1. The number of fused-ring (bicyclic) bond motifs is 1. The standard InChI is InChI=1S/C15H23ClN2OS/c16-15-6-5-12(20-15)11-17-7-8-18-9-10-19-14-4-2-1-3-13(14)18/h5-6,13-14,17H,1-4,7-11H2. The van der Waals surface area contributed by atoms with E-state index in [2.05, 4.69) is 16.3 Å². The van der Waals surface area contributed by atoms with E-state index in [0.29, 0.717) is 12.1 Å². The molecule has 3 rings (SSSR count). The van der Waals surface area contributed by atoms with Gasteiger partial charge in [0, 0.05) is 37.1 Å². The average molecular weight is 315 g/mol. The van der Waals surface area contributed by atoms with Gasteiger partial charge in [0.2, 0.25) is 0 Å². The number of morpholine rings is 1. The zero-order valence-corrected chi connectivity index (χ0v) is 13.4. The van der Waals surface area contributed by atoms with E-state index in [9.17, 15) is 0 Å². The molecule has 0 bridgehead atoms. The van der Waals surface area contributed by atoms with Crippen molar-refractivity contribution in [1.29, 1.82) is 0 Å². The van der Waals surface area contributed by atoms with Gasteiger partial charge >= 0.3 is 0 Å². The quantitative estimate of drug-likeness (QED) is 0.845. The van der Waals surface area contributed by atoms with Gasteiger partial charge in [0.15, 0.2) is 0 Å². The Kier molecular flexibility index (Phi) is 5.35. The second-order valence-electron chi connectivity index (χ2n) is 5.68. The minimum absolute atomic E-state index is 0.494. The van der Waals surface area contributed by atoms with Crippen molar-refractivity contribution < 1.29 is 4.74 Å². The van der Waals surface area contributed by atoms with Gasteiger partial charge in [0.05, 0.1) is 17.0 Å². The van der Waals surface area contributed by atoms with Crippen LogP contribution in [0.3, 0.4) is 0 Å². The summed E-state index contributed by atoms with van der Waals surface area (Å²) in [6, 6.07) is 4.74. The molecule has 2 unspecified atom stereocenters. The molecule has 1 saturated heterocycles. The molecule has 2 atom stereocenters. The highest BCUT2D eigenvalue weighted by Gasteiger charge is 2.33. The van der Waals surface area contributed by atoms with Crippen molar-refractivity contribution in [2.45, 2.75) is 44.4 Å². The van der Waals surface area contributed by atoms with Crippen LogP contribution in [0, 0.1) is 0 Å². The molecule has 5 heteroatoms. The van der Waals surface area contributed by atoms with Crippen molar-refractivity contribution in [3.63, 3.8) is 0 Å². The average Bonchev–Trinajstić information content (AvgIpc) is 2.89. The molecule has 2 fully saturated rings. The van der Waals surface area contributed by atoms with Crippen LogP contribution in [0.5, 0.6) is 0 Å². The summed E-state index contributed by atoms with van der Waals surface area (Å²) in [6.45, 7) is 5.09. The zero-order valence-electron chi connectivity index (χ0n) is 11.8. The Morgan fingerprint density at radius 2 is 2.25 bits per heavy atom. The first-order chi connectivity index (χ1) is 9.83. The van der Waals surface area contributed by atoms with Crippen LogP contribution in [0.4, 0.5) is 0 Å². The molecule has 0 aromatic carbocycles. The lowest BCUT2D eigenvalue weighted by molar-refractivity contribution is -0.0873. The van der Waals surface area contributed by atoms with Crippen LogP contribution in [0.25, 0.3) is 0 Å². The van der Waals surface area contributed by atoms with Gasteiger partial charge in [-0.25, -0.2) is 0 Å². The summed E-state index contributed by atoms with van der Waals surface area (Å²) < 4.78 is 6.79. The van der Waals surface area contributed by atoms with E-state index in [1.54, 1.807) is 11.3 Å². The lowest BCUT2D eigenvalue weighted by Crippen LogP contribution is -2.54. The maximum Gasteiger partial charge on any atom is 0.0931 e. The van der Waals surface area contributed by atoms with Gasteiger partial charge in [-0.1, -0.05) is 24.4 Å². The molecule has 2 aliphatic rings. The second-order valence-corrected chi connectivity index (χ2v) is 7.48. The predicted octanol–water partition coefficient (Wildman–Crippen LogP) is 3.13. The maximum absolute atomic E-state index is 5.94. The molecule has 1 saturated carbocycles. The fraction of sp³-hybridized carbons (Fsp3) is 0.733. The van der Waals surface area contributed by atoms with E-state index in [0.717, 1.165) is 37.1 Å².